The summed E-state index contributed by atoms with van der Waals surface area (Å²) in [5.41, 5.74) is 6.77. The third-order valence-electron chi connectivity index (χ3n) is 4.44. The average molecular weight is 265 g/mol. The van der Waals surface area contributed by atoms with Crippen molar-refractivity contribution in [2.24, 2.45) is 5.73 Å². The molecule has 1 fully saturated rings. The Bertz CT molecular complexity index is 479. The fraction of sp³-hybridized carbons (Fsp3) is 0.600. The Kier molecular flexibility index (Phi) is 3.23. The van der Waals surface area contributed by atoms with E-state index < -0.39 is 0 Å². The van der Waals surface area contributed by atoms with Gasteiger partial charge >= 0.3 is 0 Å². The topological polar surface area (TPSA) is 44.5 Å². The summed E-state index contributed by atoms with van der Waals surface area (Å²) in [5, 5.41) is 0. The second kappa shape index (κ2) is 4.76. The standard InChI is InChI=1S/C15H20FNO2/c1-18-14-4-2-3-7-15(14)9-12(17)11-6-5-10(16)8-13(11)19-15/h5-6,8,12,14H,2-4,7,9,17H2,1H3. The third-order valence-corrected chi connectivity index (χ3v) is 4.44. The highest BCUT2D eigenvalue weighted by molar-refractivity contribution is 5.39. The number of rotatable bonds is 1. The van der Waals surface area contributed by atoms with Gasteiger partial charge in [0.1, 0.15) is 17.2 Å². The summed E-state index contributed by atoms with van der Waals surface area (Å²) >= 11 is 0. The van der Waals surface area contributed by atoms with Crippen LogP contribution in [0.15, 0.2) is 18.2 Å². The van der Waals surface area contributed by atoms with Crippen LogP contribution in [0.1, 0.15) is 43.7 Å². The highest BCUT2D eigenvalue weighted by atomic mass is 19.1. The highest BCUT2D eigenvalue weighted by Gasteiger charge is 2.47. The molecule has 2 N–H and O–H groups in total. The lowest BCUT2D eigenvalue weighted by Crippen LogP contribution is -2.54. The summed E-state index contributed by atoms with van der Waals surface area (Å²) < 4.78 is 25.2. The largest absolute Gasteiger partial charge is 0.484 e. The van der Waals surface area contributed by atoms with Crippen molar-refractivity contribution < 1.29 is 13.9 Å². The number of hydrogen-bond acceptors (Lipinski definition) is 3. The minimum absolute atomic E-state index is 0.0451. The fourth-order valence-corrected chi connectivity index (χ4v) is 3.51. The maximum atomic E-state index is 13.4. The van der Waals surface area contributed by atoms with E-state index in [0.717, 1.165) is 37.7 Å². The van der Waals surface area contributed by atoms with Crippen LogP contribution in [0.5, 0.6) is 5.75 Å². The minimum atomic E-state index is -0.382. The number of methoxy groups -OCH3 is 1. The molecule has 104 valence electrons. The summed E-state index contributed by atoms with van der Waals surface area (Å²) in [4.78, 5) is 0. The summed E-state index contributed by atoms with van der Waals surface area (Å²) in [6, 6.07) is 4.50. The molecular formula is C15H20FNO2. The quantitative estimate of drug-likeness (QED) is 0.849. The molecule has 0 saturated heterocycles. The van der Waals surface area contributed by atoms with E-state index in [0.29, 0.717) is 5.75 Å². The molecule has 1 aromatic rings. The van der Waals surface area contributed by atoms with Gasteiger partial charge < -0.3 is 15.2 Å². The van der Waals surface area contributed by atoms with E-state index in [1.165, 1.54) is 12.1 Å². The van der Waals surface area contributed by atoms with Crippen LogP contribution >= 0.6 is 0 Å². The summed E-state index contributed by atoms with van der Waals surface area (Å²) in [6.45, 7) is 0. The predicted molar refractivity (Wildman–Crippen MR) is 70.6 cm³/mol. The van der Waals surface area contributed by atoms with Crippen LogP contribution < -0.4 is 10.5 Å². The summed E-state index contributed by atoms with van der Waals surface area (Å²) in [6.07, 6.45) is 4.95. The molecule has 0 bridgehead atoms. The number of hydrogen-bond donors (Lipinski definition) is 1. The van der Waals surface area contributed by atoms with Gasteiger partial charge in [-0.3, -0.25) is 0 Å². The zero-order valence-corrected chi connectivity index (χ0v) is 11.2. The van der Waals surface area contributed by atoms with Crippen molar-refractivity contribution in [1.82, 2.24) is 0 Å². The van der Waals surface area contributed by atoms with Crippen LogP contribution in [0, 0.1) is 5.82 Å². The smallest absolute Gasteiger partial charge is 0.137 e. The maximum absolute atomic E-state index is 13.4. The zero-order valence-electron chi connectivity index (χ0n) is 11.2. The first-order valence-electron chi connectivity index (χ1n) is 6.91. The van der Waals surface area contributed by atoms with Gasteiger partial charge in [0.25, 0.3) is 0 Å². The van der Waals surface area contributed by atoms with Gasteiger partial charge in [0.2, 0.25) is 0 Å². The van der Waals surface area contributed by atoms with E-state index >= 15 is 0 Å². The first-order chi connectivity index (χ1) is 9.14. The van der Waals surface area contributed by atoms with Gasteiger partial charge in [-0.2, -0.15) is 0 Å². The Labute approximate surface area is 112 Å². The van der Waals surface area contributed by atoms with Gasteiger partial charge in [-0.1, -0.05) is 12.5 Å². The van der Waals surface area contributed by atoms with Gasteiger partial charge in [-0.15, -0.1) is 0 Å². The summed E-state index contributed by atoms with van der Waals surface area (Å²) in [5.74, 6) is 0.301. The molecule has 0 radical (unpaired) electrons. The minimum Gasteiger partial charge on any atom is -0.484 e. The molecule has 3 atom stereocenters. The number of fused-ring (bicyclic) bond motifs is 1. The van der Waals surface area contributed by atoms with Crippen molar-refractivity contribution in [2.45, 2.75) is 49.9 Å². The van der Waals surface area contributed by atoms with Gasteiger partial charge in [0.05, 0.1) is 6.10 Å². The van der Waals surface area contributed by atoms with Crippen LogP contribution in [0.2, 0.25) is 0 Å². The molecule has 19 heavy (non-hydrogen) atoms. The molecular weight excluding hydrogens is 245 g/mol. The molecule has 1 spiro atoms. The lowest BCUT2D eigenvalue weighted by atomic mass is 9.75. The third kappa shape index (κ3) is 2.13. The molecule has 4 heteroatoms. The number of nitrogens with two attached hydrogens (primary N) is 1. The molecule has 0 amide bonds. The van der Waals surface area contributed by atoms with E-state index in [-0.39, 0.29) is 23.6 Å². The fourth-order valence-electron chi connectivity index (χ4n) is 3.51. The van der Waals surface area contributed by atoms with Crippen molar-refractivity contribution >= 4 is 0 Å². The van der Waals surface area contributed by atoms with Crippen LogP contribution in [0.4, 0.5) is 4.39 Å². The monoisotopic (exact) mass is 265 g/mol. The molecule has 3 rings (SSSR count). The van der Waals surface area contributed by atoms with Crippen molar-refractivity contribution in [3.8, 4) is 5.75 Å². The molecule has 1 saturated carbocycles. The normalized spacial score (nSPS) is 33.8. The van der Waals surface area contributed by atoms with E-state index in [2.05, 4.69) is 0 Å². The van der Waals surface area contributed by atoms with Crippen molar-refractivity contribution in [2.75, 3.05) is 7.11 Å². The number of halogens is 1. The van der Waals surface area contributed by atoms with E-state index in [1.54, 1.807) is 13.2 Å². The Morgan fingerprint density at radius 3 is 3.05 bits per heavy atom. The van der Waals surface area contributed by atoms with E-state index in [1.807, 2.05) is 0 Å². The summed E-state index contributed by atoms with van der Waals surface area (Å²) in [7, 11) is 1.72. The molecule has 2 aliphatic rings. The second-order valence-electron chi connectivity index (χ2n) is 5.63. The predicted octanol–water partition coefficient (Wildman–Crippen LogP) is 2.94. The molecule has 1 aromatic carbocycles. The first-order valence-corrected chi connectivity index (χ1v) is 6.91. The first kappa shape index (κ1) is 12.9. The van der Waals surface area contributed by atoms with E-state index in [9.17, 15) is 4.39 Å². The van der Waals surface area contributed by atoms with Gasteiger partial charge in [0, 0.05) is 31.2 Å². The maximum Gasteiger partial charge on any atom is 0.137 e. The van der Waals surface area contributed by atoms with Crippen molar-refractivity contribution in [1.29, 1.82) is 0 Å². The van der Waals surface area contributed by atoms with Crippen LogP contribution in [0.3, 0.4) is 0 Å². The average Bonchev–Trinajstić information content (AvgIpc) is 2.38. The number of benzene rings is 1. The van der Waals surface area contributed by atoms with Crippen molar-refractivity contribution in [3.63, 3.8) is 0 Å². The number of ether oxygens (including phenoxy) is 2. The second-order valence-corrected chi connectivity index (χ2v) is 5.63. The Morgan fingerprint density at radius 1 is 1.42 bits per heavy atom. The molecule has 1 heterocycles. The SMILES string of the molecule is COC1CCCCC12CC(N)c1ccc(F)cc1O2. The Morgan fingerprint density at radius 2 is 2.26 bits per heavy atom. The van der Waals surface area contributed by atoms with Gasteiger partial charge in [-0.25, -0.2) is 4.39 Å². The molecule has 3 unspecified atom stereocenters. The van der Waals surface area contributed by atoms with Gasteiger partial charge in [-0.05, 0) is 25.3 Å². The zero-order chi connectivity index (χ0) is 13.5. The molecule has 3 nitrogen and oxygen atoms in total. The van der Waals surface area contributed by atoms with E-state index in [4.69, 9.17) is 15.2 Å². The Balaban J connectivity index is 1.98. The molecule has 0 aromatic heterocycles. The highest BCUT2D eigenvalue weighted by Crippen LogP contribution is 2.46. The van der Waals surface area contributed by atoms with Crippen LogP contribution in [-0.2, 0) is 4.74 Å². The van der Waals surface area contributed by atoms with Crippen LogP contribution in [0.25, 0.3) is 0 Å². The van der Waals surface area contributed by atoms with Gasteiger partial charge in [0.15, 0.2) is 0 Å². The Hall–Kier alpha value is -1.13. The lowest BCUT2D eigenvalue weighted by Gasteiger charge is -2.47. The molecule has 1 aliphatic carbocycles. The van der Waals surface area contributed by atoms with Crippen LogP contribution in [-0.4, -0.2) is 18.8 Å². The van der Waals surface area contributed by atoms with Crippen molar-refractivity contribution in [3.05, 3.63) is 29.6 Å². The molecule has 1 aliphatic heterocycles. The lowest BCUT2D eigenvalue weighted by molar-refractivity contribution is -0.114.